The number of benzene rings is 2. The van der Waals surface area contributed by atoms with Gasteiger partial charge in [-0.25, -0.2) is 4.98 Å². The minimum absolute atomic E-state index is 0.0174. The first kappa shape index (κ1) is 22.2. The lowest BCUT2D eigenvalue weighted by atomic mass is 10.1. The predicted molar refractivity (Wildman–Crippen MR) is 132 cm³/mol. The third-order valence-electron chi connectivity index (χ3n) is 5.16. The zero-order chi connectivity index (χ0) is 22.3. The summed E-state index contributed by atoms with van der Waals surface area (Å²) in [6, 6.07) is 20.0. The number of hydrogen-bond acceptors (Lipinski definition) is 5. The first-order chi connectivity index (χ1) is 15.6. The van der Waals surface area contributed by atoms with Gasteiger partial charge in [-0.15, -0.1) is 23.1 Å². The summed E-state index contributed by atoms with van der Waals surface area (Å²) in [5, 5.41) is 3.19. The zero-order valence-corrected chi connectivity index (χ0v) is 19.8. The largest absolute Gasteiger partial charge is 0.330 e. The molecule has 0 saturated heterocycles. The van der Waals surface area contributed by atoms with Crippen molar-refractivity contribution in [2.45, 2.75) is 37.6 Å². The Morgan fingerprint density at radius 1 is 1.00 bits per heavy atom. The van der Waals surface area contributed by atoms with Gasteiger partial charge in [0, 0.05) is 47.1 Å². The van der Waals surface area contributed by atoms with E-state index in [1.54, 1.807) is 29.3 Å². The number of aryl methyl sites for hydroxylation is 2. The summed E-state index contributed by atoms with van der Waals surface area (Å²) in [7, 11) is 0. The average Bonchev–Trinajstić information content (AvgIpc) is 3.24. The molecule has 1 amide bonds. The first-order valence-corrected chi connectivity index (χ1v) is 12.3. The Labute approximate surface area is 197 Å². The lowest BCUT2D eigenvalue weighted by molar-refractivity contribution is 0.0729. The van der Waals surface area contributed by atoms with Crippen LogP contribution in [0.1, 0.15) is 37.7 Å². The second-order valence-corrected chi connectivity index (χ2v) is 9.73. The normalized spacial score (nSPS) is 10.8. The van der Waals surface area contributed by atoms with Crippen LogP contribution in [0.4, 0.5) is 0 Å². The monoisotopic (exact) mass is 459 g/mol. The van der Waals surface area contributed by atoms with Crippen molar-refractivity contribution in [1.29, 1.82) is 0 Å². The van der Waals surface area contributed by atoms with Crippen LogP contribution >= 0.6 is 23.1 Å². The van der Waals surface area contributed by atoms with E-state index in [0.717, 1.165) is 32.5 Å². The van der Waals surface area contributed by atoms with Crippen molar-refractivity contribution in [3.05, 3.63) is 111 Å². The van der Waals surface area contributed by atoms with Gasteiger partial charge in [-0.05, 0) is 60.9 Å². The minimum atomic E-state index is 0.0174. The quantitative estimate of drug-likeness (QED) is 0.291. The Kier molecular flexibility index (Phi) is 7.35. The van der Waals surface area contributed by atoms with Gasteiger partial charge in [0.05, 0.1) is 10.7 Å². The molecule has 32 heavy (non-hydrogen) atoms. The van der Waals surface area contributed by atoms with Crippen LogP contribution in [0.15, 0.2) is 83.3 Å². The molecule has 4 nitrogen and oxygen atoms in total. The van der Waals surface area contributed by atoms with Crippen LogP contribution in [0, 0.1) is 13.8 Å². The SMILES string of the molecule is Cc1nc(CSc2ccc(C(=O)N(Cc3cccnc3)Cc3ccccc3C)cc2)cs1. The fraction of sp³-hybridized carbons (Fsp3) is 0.192. The van der Waals surface area contributed by atoms with E-state index in [2.05, 4.69) is 34.4 Å². The molecule has 162 valence electrons. The van der Waals surface area contributed by atoms with Gasteiger partial charge in [-0.2, -0.15) is 0 Å². The van der Waals surface area contributed by atoms with Crippen molar-refractivity contribution in [2.24, 2.45) is 0 Å². The van der Waals surface area contributed by atoms with E-state index in [9.17, 15) is 4.79 Å². The van der Waals surface area contributed by atoms with E-state index in [-0.39, 0.29) is 5.91 Å². The van der Waals surface area contributed by atoms with Crippen molar-refractivity contribution >= 4 is 29.0 Å². The molecule has 0 fully saturated rings. The number of pyridine rings is 1. The van der Waals surface area contributed by atoms with Crippen LogP contribution in [-0.2, 0) is 18.8 Å². The molecule has 0 aliphatic heterocycles. The topological polar surface area (TPSA) is 46.1 Å². The molecule has 0 atom stereocenters. The Hall–Kier alpha value is -2.96. The smallest absolute Gasteiger partial charge is 0.254 e. The highest BCUT2D eigenvalue weighted by Gasteiger charge is 2.18. The number of thiazole rings is 1. The summed E-state index contributed by atoms with van der Waals surface area (Å²) in [4.78, 5) is 25.2. The van der Waals surface area contributed by atoms with E-state index in [0.29, 0.717) is 18.7 Å². The molecule has 0 aliphatic rings. The van der Waals surface area contributed by atoms with Crippen LogP contribution in [0.3, 0.4) is 0 Å². The van der Waals surface area contributed by atoms with Gasteiger partial charge in [-0.3, -0.25) is 9.78 Å². The van der Waals surface area contributed by atoms with Gasteiger partial charge >= 0.3 is 0 Å². The van der Waals surface area contributed by atoms with Crippen molar-refractivity contribution in [3.8, 4) is 0 Å². The Bertz CT molecular complexity index is 1170. The highest BCUT2D eigenvalue weighted by atomic mass is 32.2. The summed E-state index contributed by atoms with van der Waals surface area (Å²) in [5.41, 5.74) is 5.13. The summed E-state index contributed by atoms with van der Waals surface area (Å²) in [6.07, 6.45) is 3.57. The van der Waals surface area contributed by atoms with Crippen LogP contribution < -0.4 is 0 Å². The van der Waals surface area contributed by atoms with Crippen molar-refractivity contribution in [1.82, 2.24) is 14.9 Å². The van der Waals surface area contributed by atoms with E-state index in [4.69, 9.17) is 0 Å². The molecule has 0 unspecified atom stereocenters. The number of carbonyl (C=O) groups is 1. The van der Waals surface area contributed by atoms with Crippen LogP contribution in [0.5, 0.6) is 0 Å². The van der Waals surface area contributed by atoms with Gasteiger partial charge in [-0.1, -0.05) is 30.3 Å². The van der Waals surface area contributed by atoms with E-state index in [1.165, 1.54) is 5.56 Å². The molecule has 0 spiro atoms. The number of rotatable bonds is 8. The number of nitrogens with zero attached hydrogens (tertiary/aromatic N) is 3. The molecule has 0 saturated carbocycles. The Morgan fingerprint density at radius 3 is 2.50 bits per heavy atom. The molecule has 2 aromatic heterocycles. The number of carbonyl (C=O) groups excluding carboxylic acids is 1. The second kappa shape index (κ2) is 10.6. The van der Waals surface area contributed by atoms with Gasteiger partial charge in [0.15, 0.2) is 0 Å². The second-order valence-electron chi connectivity index (χ2n) is 7.62. The first-order valence-electron chi connectivity index (χ1n) is 10.4. The summed E-state index contributed by atoms with van der Waals surface area (Å²) in [6.45, 7) is 5.17. The molecule has 6 heteroatoms. The average molecular weight is 460 g/mol. The van der Waals surface area contributed by atoms with E-state index < -0.39 is 0 Å². The number of aromatic nitrogens is 2. The van der Waals surface area contributed by atoms with Crippen molar-refractivity contribution in [3.63, 3.8) is 0 Å². The number of thioether (sulfide) groups is 1. The third-order valence-corrected chi connectivity index (χ3v) is 7.03. The summed E-state index contributed by atoms with van der Waals surface area (Å²) < 4.78 is 0. The van der Waals surface area contributed by atoms with Gasteiger partial charge in [0.1, 0.15) is 0 Å². The van der Waals surface area contributed by atoms with Crippen LogP contribution in [0.2, 0.25) is 0 Å². The Balaban J connectivity index is 1.49. The molecule has 2 aromatic carbocycles. The molecule has 0 bridgehead atoms. The molecule has 4 aromatic rings. The van der Waals surface area contributed by atoms with E-state index in [1.807, 2.05) is 66.6 Å². The van der Waals surface area contributed by atoms with Crippen molar-refractivity contribution < 1.29 is 4.79 Å². The fourth-order valence-corrected chi connectivity index (χ4v) is 4.92. The number of amides is 1. The molecule has 4 rings (SSSR count). The van der Waals surface area contributed by atoms with Crippen molar-refractivity contribution in [2.75, 3.05) is 0 Å². The zero-order valence-electron chi connectivity index (χ0n) is 18.2. The standard InChI is InChI=1S/C26H25N3OS2/c1-19-6-3-4-8-23(19)16-29(15-21-7-5-13-27-14-21)26(30)22-9-11-25(12-10-22)32-18-24-17-31-20(2)28-24/h3-14,17H,15-16,18H2,1-2H3. The van der Waals surface area contributed by atoms with Gasteiger partial charge in [0.25, 0.3) is 5.91 Å². The summed E-state index contributed by atoms with van der Waals surface area (Å²) in [5.74, 6) is 0.849. The maximum absolute atomic E-state index is 13.4. The minimum Gasteiger partial charge on any atom is -0.330 e. The molecular weight excluding hydrogens is 434 g/mol. The fourth-order valence-electron chi connectivity index (χ4n) is 3.41. The molecule has 0 radical (unpaired) electrons. The third kappa shape index (κ3) is 5.84. The van der Waals surface area contributed by atoms with E-state index >= 15 is 0 Å². The van der Waals surface area contributed by atoms with Crippen LogP contribution in [-0.4, -0.2) is 20.8 Å². The lowest BCUT2D eigenvalue weighted by Crippen LogP contribution is -2.30. The lowest BCUT2D eigenvalue weighted by Gasteiger charge is -2.24. The number of hydrogen-bond donors (Lipinski definition) is 0. The van der Waals surface area contributed by atoms with Gasteiger partial charge < -0.3 is 4.90 Å². The highest BCUT2D eigenvalue weighted by Crippen LogP contribution is 2.25. The predicted octanol–water partition coefficient (Wildman–Crippen LogP) is 6.29. The van der Waals surface area contributed by atoms with Gasteiger partial charge in [0.2, 0.25) is 0 Å². The maximum atomic E-state index is 13.4. The molecule has 0 N–H and O–H groups in total. The Morgan fingerprint density at radius 2 is 1.81 bits per heavy atom. The molecule has 2 heterocycles. The maximum Gasteiger partial charge on any atom is 0.254 e. The summed E-state index contributed by atoms with van der Waals surface area (Å²) >= 11 is 3.41. The molecular formula is C26H25N3OS2. The highest BCUT2D eigenvalue weighted by molar-refractivity contribution is 7.98. The molecule has 0 aliphatic carbocycles. The van der Waals surface area contributed by atoms with Crippen LogP contribution in [0.25, 0.3) is 0 Å².